The Hall–Kier alpha value is -2.79. The zero-order valence-electron chi connectivity index (χ0n) is 13.8. The number of aromatic amines is 1. The Morgan fingerprint density at radius 2 is 1.76 bits per heavy atom. The van der Waals surface area contributed by atoms with Crippen LogP contribution in [0.4, 0.5) is 0 Å². The van der Waals surface area contributed by atoms with E-state index in [4.69, 9.17) is 0 Å². The molecule has 4 rings (SSSR count). The van der Waals surface area contributed by atoms with Gasteiger partial charge < -0.3 is 0 Å². The zero-order valence-corrected chi connectivity index (χ0v) is 14.6. The van der Waals surface area contributed by atoms with Crippen LogP contribution in [0.25, 0.3) is 16.8 Å². The molecule has 2 aromatic heterocycles. The number of H-pyrrole nitrogens is 1. The van der Waals surface area contributed by atoms with Crippen molar-refractivity contribution in [2.45, 2.75) is 23.1 Å². The molecule has 0 aliphatic carbocycles. The second-order valence-electron chi connectivity index (χ2n) is 5.72. The standard InChI is InChI=1S/C20H17N3OS/c1-2-15-12-19(24)23-20(22-15)18(13-21-23)14-8-10-17(11-9-14)25-16-6-4-3-5-7-16/h3-13,21H,2H2,1H3. The number of rotatable bonds is 4. The lowest BCUT2D eigenvalue weighted by atomic mass is 10.1. The number of hydrogen-bond donors (Lipinski definition) is 1. The molecule has 0 saturated carbocycles. The van der Waals surface area contributed by atoms with Gasteiger partial charge in [-0.25, -0.2) is 9.50 Å². The summed E-state index contributed by atoms with van der Waals surface area (Å²) in [6.07, 6.45) is 2.57. The Morgan fingerprint density at radius 1 is 1.04 bits per heavy atom. The molecule has 124 valence electrons. The van der Waals surface area contributed by atoms with Crippen LogP contribution < -0.4 is 5.56 Å². The summed E-state index contributed by atoms with van der Waals surface area (Å²) in [4.78, 5) is 19.1. The van der Waals surface area contributed by atoms with Crippen molar-refractivity contribution in [1.29, 1.82) is 0 Å². The van der Waals surface area contributed by atoms with Gasteiger partial charge in [0.1, 0.15) is 0 Å². The molecule has 0 atom stereocenters. The van der Waals surface area contributed by atoms with E-state index in [-0.39, 0.29) is 5.56 Å². The Balaban J connectivity index is 1.69. The van der Waals surface area contributed by atoms with Gasteiger partial charge in [-0.3, -0.25) is 9.89 Å². The monoisotopic (exact) mass is 347 g/mol. The number of hydrogen-bond acceptors (Lipinski definition) is 3. The van der Waals surface area contributed by atoms with Crippen LogP contribution in [0.3, 0.4) is 0 Å². The van der Waals surface area contributed by atoms with Crippen molar-refractivity contribution in [3.05, 3.63) is 82.9 Å². The molecule has 0 unspecified atom stereocenters. The minimum atomic E-state index is -0.0793. The molecule has 0 bridgehead atoms. The number of aromatic nitrogens is 3. The lowest BCUT2D eigenvalue weighted by molar-refractivity contribution is 0.876. The summed E-state index contributed by atoms with van der Waals surface area (Å²) in [6, 6.07) is 20.2. The molecule has 0 fully saturated rings. The van der Waals surface area contributed by atoms with E-state index in [9.17, 15) is 4.79 Å². The minimum absolute atomic E-state index is 0.0793. The first-order valence-corrected chi connectivity index (χ1v) is 8.99. The third-order valence-corrected chi connectivity index (χ3v) is 5.07. The van der Waals surface area contributed by atoms with Gasteiger partial charge in [-0.2, -0.15) is 0 Å². The molecular formula is C20H17N3OS. The Bertz CT molecular complexity index is 1070. The molecule has 1 N–H and O–H groups in total. The highest BCUT2D eigenvalue weighted by Crippen LogP contribution is 2.30. The Kier molecular flexibility index (Phi) is 4.15. The maximum absolute atomic E-state index is 12.1. The summed E-state index contributed by atoms with van der Waals surface area (Å²) in [5.41, 5.74) is 3.37. The van der Waals surface area contributed by atoms with Crippen molar-refractivity contribution in [2.24, 2.45) is 0 Å². The van der Waals surface area contributed by atoms with E-state index in [1.54, 1.807) is 17.8 Å². The lowest BCUT2D eigenvalue weighted by Gasteiger charge is -2.04. The van der Waals surface area contributed by atoms with E-state index in [0.717, 1.165) is 23.2 Å². The molecule has 4 nitrogen and oxygen atoms in total. The van der Waals surface area contributed by atoms with Crippen molar-refractivity contribution >= 4 is 17.4 Å². The quantitative estimate of drug-likeness (QED) is 0.595. The van der Waals surface area contributed by atoms with Gasteiger partial charge in [0.05, 0.1) is 0 Å². The van der Waals surface area contributed by atoms with Crippen LogP contribution in [0.2, 0.25) is 0 Å². The second-order valence-corrected chi connectivity index (χ2v) is 6.87. The largest absolute Gasteiger partial charge is 0.296 e. The van der Waals surface area contributed by atoms with Gasteiger partial charge in [0.25, 0.3) is 5.56 Å². The fraction of sp³-hybridized carbons (Fsp3) is 0.100. The zero-order chi connectivity index (χ0) is 17.2. The molecule has 0 spiro atoms. The highest BCUT2D eigenvalue weighted by atomic mass is 32.2. The van der Waals surface area contributed by atoms with Gasteiger partial charge in [-0.1, -0.05) is 49.0 Å². The van der Waals surface area contributed by atoms with Gasteiger partial charge in [0.2, 0.25) is 0 Å². The molecular weight excluding hydrogens is 330 g/mol. The van der Waals surface area contributed by atoms with Gasteiger partial charge >= 0.3 is 0 Å². The fourth-order valence-corrected chi connectivity index (χ4v) is 3.59. The first-order chi connectivity index (χ1) is 12.2. The van der Waals surface area contributed by atoms with Crippen LogP contribution in [0, 0.1) is 0 Å². The summed E-state index contributed by atoms with van der Waals surface area (Å²) < 4.78 is 1.49. The summed E-state index contributed by atoms with van der Waals surface area (Å²) in [5.74, 6) is 0. The molecule has 0 aliphatic heterocycles. The van der Waals surface area contributed by atoms with Gasteiger partial charge in [-0.15, -0.1) is 0 Å². The average molecular weight is 347 g/mol. The third kappa shape index (κ3) is 3.10. The van der Waals surface area contributed by atoms with E-state index >= 15 is 0 Å². The van der Waals surface area contributed by atoms with Gasteiger partial charge in [-0.05, 0) is 36.2 Å². The van der Waals surface area contributed by atoms with Crippen LogP contribution in [0.5, 0.6) is 0 Å². The Labute approximate surface area is 149 Å². The van der Waals surface area contributed by atoms with Crippen molar-refractivity contribution in [2.75, 3.05) is 0 Å². The molecule has 0 saturated heterocycles. The molecule has 0 aliphatic rings. The molecule has 5 heteroatoms. The lowest BCUT2D eigenvalue weighted by Crippen LogP contribution is -2.15. The van der Waals surface area contributed by atoms with E-state index in [1.165, 1.54) is 14.3 Å². The van der Waals surface area contributed by atoms with Crippen LogP contribution in [0.1, 0.15) is 12.6 Å². The normalized spacial score (nSPS) is 11.1. The van der Waals surface area contributed by atoms with Crippen molar-refractivity contribution < 1.29 is 0 Å². The number of aryl methyl sites for hydroxylation is 1. The molecule has 2 heterocycles. The van der Waals surface area contributed by atoms with Crippen molar-refractivity contribution in [3.63, 3.8) is 0 Å². The van der Waals surface area contributed by atoms with Crippen LogP contribution in [0.15, 0.2) is 81.4 Å². The molecule has 0 amide bonds. The van der Waals surface area contributed by atoms with Crippen LogP contribution in [-0.4, -0.2) is 14.6 Å². The first kappa shape index (κ1) is 15.7. The number of nitrogens with one attached hydrogen (secondary N) is 1. The topological polar surface area (TPSA) is 50.2 Å². The first-order valence-electron chi connectivity index (χ1n) is 8.18. The molecule has 25 heavy (non-hydrogen) atoms. The van der Waals surface area contributed by atoms with E-state index in [1.807, 2.05) is 31.3 Å². The summed E-state index contributed by atoms with van der Waals surface area (Å²) >= 11 is 1.73. The van der Waals surface area contributed by atoms with Gasteiger partial charge in [0.15, 0.2) is 5.65 Å². The molecule has 0 radical (unpaired) electrons. The predicted molar refractivity (Wildman–Crippen MR) is 101 cm³/mol. The maximum atomic E-state index is 12.1. The minimum Gasteiger partial charge on any atom is -0.296 e. The van der Waals surface area contributed by atoms with Crippen LogP contribution >= 0.6 is 11.8 Å². The number of benzene rings is 2. The predicted octanol–water partition coefficient (Wildman–Crippen LogP) is 4.40. The summed E-state index contributed by atoms with van der Waals surface area (Å²) in [6.45, 7) is 2.00. The fourth-order valence-electron chi connectivity index (χ4n) is 2.75. The second kappa shape index (κ2) is 6.61. The molecule has 2 aromatic carbocycles. The summed E-state index contributed by atoms with van der Waals surface area (Å²) in [5, 5.41) is 3.00. The average Bonchev–Trinajstić information content (AvgIpc) is 3.08. The van der Waals surface area contributed by atoms with Crippen molar-refractivity contribution in [1.82, 2.24) is 14.6 Å². The highest BCUT2D eigenvalue weighted by molar-refractivity contribution is 7.99. The van der Waals surface area contributed by atoms with Gasteiger partial charge in [0, 0.05) is 33.3 Å². The SMILES string of the molecule is CCc1cc(=O)n2[nH]cc(-c3ccc(Sc4ccccc4)cc3)c2n1. The molecule has 4 aromatic rings. The van der Waals surface area contributed by atoms with E-state index < -0.39 is 0 Å². The highest BCUT2D eigenvalue weighted by Gasteiger charge is 2.10. The summed E-state index contributed by atoms with van der Waals surface area (Å²) in [7, 11) is 0. The van der Waals surface area contributed by atoms with Crippen LogP contribution in [-0.2, 0) is 6.42 Å². The number of fused-ring (bicyclic) bond motifs is 1. The van der Waals surface area contributed by atoms with Crippen molar-refractivity contribution in [3.8, 4) is 11.1 Å². The Morgan fingerprint density at radius 3 is 2.48 bits per heavy atom. The third-order valence-electron chi connectivity index (χ3n) is 4.06. The van der Waals surface area contributed by atoms with E-state index in [0.29, 0.717) is 5.65 Å². The van der Waals surface area contributed by atoms with E-state index in [2.05, 4.69) is 46.5 Å². The number of nitrogens with zero attached hydrogens (tertiary/aromatic N) is 2. The smallest absolute Gasteiger partial charge is 0.272 e. The maximum Gasteiger partial charge on any atom is 0.272 e.